The zero-order valence-electron chi connectivity index (χ0n) is 11.0. The number of aromatic nitrogens is 4. The van der Waals surface area contributed by atoms with Crippen LogP contribution in [-0.2, 0) is 11.8 Å². The lowest BCUT2D eigenvalue weighted by Crippen LogP contribution is -2.22. The lowest BCUT2D eigenvalue weighted by Gasteiger charge is -2.11. The molecule has 100 valence electrons. The lowest BCUT2D eigenvalue weighted by molar-refractivity contribution is -0.115. The molecule has 1 aromatic carbocycles. The molecule has 0 spiro atoms. The summed E-state index contributed by atoms with van der Waals surface area (Å²) in [7, 11) is 1.74. The number of hydrogen-bond acceptors (Lipinski definition) is 5. The Kier molecular flexibility index (Phi) is 4.16. The van der Waals surface area contributed by atoms with Crippen LogP contribution in [0.3, 0.4) is 0 Å². The highest BCUT2D eigenvalue weighted by Crippen LogP contribution is 2.21. The number of anilines is 1. The number of thioether (sulfide) groups is 1. The van der Waals surface area contributed by atoms with Crippen molar-refractivity contribution in [1.82, 2.24) is 20.2 Å². The van der Waals surface area contributed by atoms with Gasteiger partial charge in [0, 0.05) is 12.7 Å². The second-order valence-corrected chi connectivity index (χ2v) is 5.51. The number of benzene rings is 1. The number of hydrogen-bond donors (Lipinski definition) is 1. The fraction of sp³-hybridized carbons (Fsp3) is 0.333. The van der Waals surface area contributed by atoms with Crippen LogP contribution >= 0.6 is 11.8 Å². The molecule has 0 saturated carbocycles. The molecule has 6 nitrogen and oxygen atoms in total. The monoisotopic (exact) mass is 277 g/mol. The van der Waals surface area contributed by atoms with Gasteiger partial charge in [0.1, 0.15) is 0 Å². The molecular formula is C12H15N5OS. The first-order valence-corrected chi connectivity index (χ1v) is 6.71. The van der Waals surface area contributed by atoms with Crippen LogP contribution in [0.4, 0.5) is 5.69 Å². The average molecular weight is 277 g/mol. The molecule has 0 bridgehead atoms. The first-order valence-electron chi connectivity index (χ1n) is 5.83. The normalized spacial score (nSPS) is 12.2. The predicted octanol–water partition coefficient (Wildman–Crippen LogP) is 1.64. The molecule has 2 rings (SSSR count). The maximum absolute atomic E-state index is 12.1. The minimum Gasteiger partial charge on any atom is -0.325 e. The summed E-state index contributed by atoms with van der Waals surface area (Å²) in [6.07, 6.45) is 0. The third-order valence-corrected chi connectivity index (χ3v) is 3.64. The number of rotatable bonds is 4. The van der Waals surface area contributed by atoms with Crippen molar-refractivity contribution in [3.05, 3.63) is 29.8 Å². The standard InChI is InChI=1S/C12H15N5OS/c1-8-5-4-6-10(7-8)13-11(18)9(2)19-12-14-15-16-17(12)3/h4-7,9H,1-3H3,(H,13,18)/t9-/m0/s1. The number of nitrogens with one attached hydrogen (secondary N) is 1. The highest BCUT2D eigenvalue weighted by molar-refractivity contribution is 8.00. The number of carbonyl (C=O) groups is 1. The number of tetrazole rings is 1. The molecular weight excluding hydrogens is 262 g/mol. The average Bonchev–Trinajstić information content (AvgIpc) is 2.75. The summed E-state index contributed by atoms with van der Waals surface area (Å²) in [6.45, 7) is 3.81. The van der Waals surface area contributed by atoms with E-state index < -0.39 is 0 Å². The van der Waals surface area contributed by atoms with Crippen LogP contribution in [-0.4, -0.2) is 31.4 Å². The van der Waals surface area contributed by atoms with Gasteiger partial charge in [-0.3, -0.25) is 4.79 Å². The predicted molar refractivity (Wildman–Crippen MR) is 73.9 cm³/mol. The quantitative estimate of drug-likeness (QED) is 0.860. The van der Waals surface area contributed by atoms with Gasteiger partial charge in [-0.05, 0) is 42.0 Å². The molecule has 19 heavy (non-hydrogen) atoms. The van der Waals surface area contributed by atoms with Gasteiger partial charge in [0.05, 0.1) is 5.25 Å². The molecule has 1 heterocycles. The zero-order valence-corrected chi connectivity index (χ0v) is 11.8. The molecule has 1 N–H and O–H groups in total. The summed E-state index contributed by atoms with van der Waals surface area (Å²) >= 11 is 1.32. The zero-order chi connectivity index (χ0) is 13.8. The third kappa shape index (κ3) is 3.54. The van der Waals surface area contributed by atoms with Crippen molar-refractivity contribution >= 4 is 23.4 Å². The Morgan fingerprint density at radius 1 is 1.47 bits per heavy atom. The van der Waals surface area contributed by atoms with Crippen molar-refractivity contribution in [2.45, 2.75) is 24.3 Å². The molecule has 0 aliphatic heterocycles. The van der Waals surface area contributed by atoms with Gasteiger partial charge in [0.15, 0.2) is 0 Å². The molecule has 0 aliphatic carbocycles. The Hall–Kier alpha value is -1.89. The molecule has 1 amide bonds. The van der Waals surface area contributed by atoms with E-state index in [-0.39, 0.29) is 11.2 Å². The molecule has 0 aliphatic rings. The summed E-state index contributed by atoms with van der Waals surface area (Å²) in [6, 6.07) is 7.69. The van der Waals surface area contributed by atoms with E-state index in [0.717, 1.165) is 11.3 Å². The van der Waals surface area contributed by atoms with Crippen molar-refractivity contribution in [3.8, 4) is 0 Å². The molecule has 0 unspecified atom stereocenters. The molecule has 2 aromatic rings. The second-order valence-electron chi connectivity index (χ2n) is 4.20. The maximum atomic E-state index is 12.1. The highest BCUT2D eigenvalue weighted by atomic mass is 32.2. The Morgan fingerprint density at radius 2 is 2.26 bits per heavy atom. The van der Waals surface area contributed by atoms with E-state index in [0.29, 0.717) is 5.16 Å². The first kappa shape index (κ1) is 13.5. The van der Waals surface area contributed by atoms with Gasteiger partial charge in [0.25, 0.3) is 0 Å². The van der Waals surface area contributed by atoms with E-state index in [9.17, 15) is 4.79 Å². The van der Waals surface area contributed by atoms with Crippen LogP contribution in [0.15, 0.2) is 29.4 Å². The number of carbonyl (C=O) groups excluding carboxylic acids is 1. The Balaban J connectivity index is 1.98. The Labute approximate surface area is 115 Å². The van der Waals surface area contributed by atoms with E-state index in [4.69, 9.17) is 0 Å². The van der Waals surface area contributed by atoms with E-state index in [2.05, 4.69) is 20.8 Å². The summed E-state index contributed by atoms with van der Waals surface area (Å²) in [5.74, 6) is -0.0707. The highest BCUT2D eigenvalue weighted by Gasteiger charge is 2.17. The van der Waals surface area contributed by atoms with Crippen LogP contribution in [0.1, 0.15) is 12.5 Å². The fourth-order valence-corrected chi connectivity index (χ4v) is 2.25. The van der Waals surface area contributed by atoms with Crippen LogP contribution in [0.25, 0.3) is 0 Å². The van der Waals surface area contributed by atoms with E-state index in [1.165, 1.54) is 11.8 Å². The number of nitrogens with zero attached hydrogens (tertiary/aromatic N) is 4. The lowest BCUT2D eigenvalue weighted by atomic mass is 10.2. The Bertz CT molecular complexity index is 583. The first-order chi connectivity index (χ1) is 9.06. The third-order valence-electron chi connectivity index (χ3n) is 2.52. The van der Waals surface area contributed by atoms with Gasteiger partial charge in [-0.2, -0.15) is 0 Å². The van der Waals surface area contributed by atoms with Crippen LogP contribution in [0.2, 0.25) is 0 Å². The summed E-state index contributed by atoms with van der Waals surface area (Å²) < 4.78 is 1.54. The second kappa shape index (κ2) is 5.83. The molecule has 0 saturated heterocycles. The Morgan fingerprint density at radius 3 is 2.89 bits per heavy atom. The topological polar surface area (TPSA) is 72.7 Å². The summed E-state index contributed by atoms with van der Waals surface area (Å²) in [5, 5.41) is 14.3. The number of amides is 1. The maximum Gasteiger partial charge on any atom is 0.237 e. The minimum atomic E-state index is -0.273. The minimum absolute atomic E-state index is 0.0707. The van der Waals surface area contributed by atoms with Crippen molar-refractivity contribution in [3.63, 3.8) is 0 Å². The van der Waals surface area contributed by atoms with Gasteiger partial charge in [-0.25, -0.2) is 4.68 Å². The van der Waals surface area contributed by atoms with Gasteiger partial charge in [-0.1, -0.05) is 23.9 Å². The molecule has 7 heteroatoms. The molecule has 1 atom stereocenters. The van der Waals surface area contributed by atoms with E-state index >= 15 is 0 Å². The van der Waals surface area contributed by atoms with Crippen molar-refractivity contribution in [1.29, 1.82) is 0 Å². The van der Waals surface area contributed by atoms with Crippen molar-refractivity contribution < 1.29 is 4.79 Å². The van der Waals surface area contributed by atoms with Gasteiger partial charge in [-0.15, -0.1) is 5.10 Å². The number of aryl methyl sites for hydroxylation is 2. The van der Waals surface area contributed by atoms with Crippen LogP contribution in [0.5, 0.6) is 0 Å². The largest absolute Gasteiger partial charge is 0.325 e. The van der Waals surface area contributed by atoms with Crippen LogP contribution < -0.4 is 5.32 Å². The van der Waals surface area contributed by atoms with E-state index in [1.54, 1.807) is 11.7 Å². The van der Waals surface area contributed by atoms with E-state index in [1.807, 2.05) is 38.1 Å². The van der Waals surface area contributed by atoms with Gasteiger partial charge >= 0.3 is 0 Å². The molecule has 1 aromatic heterocycles. The van der Waals surface area contributed by atoms with Crippen LogP contribution in [0, 0.1) is 6.92 Å². The smallest absolute Gasteiger partial charge is 0.237 e. The fourth-order valence-electron chi connectivity index (χ4n) is 1.50. The molecule has 0 fully saturated rings. The SMILES string of the molecule is Cc1cccc(NC(=O)[C@H](C)Sc2nnnn2C)c1. The molecule has 0 radical (unpaired) electrons. The van der Waals surface area contributed by atoms with Crippen molar-refractivity contribution in [2.75, 3.05) is 5.32 Å². The summed E-state index contributed by atoms with van der Waals surface area (Å²) in [5.41, 5.74) is 1.91. The van der Waals surface area contributed by atoms with Crippen molar-refractivity contribution in [2.24, 2.45) is 7.05 Å². The van der Waals surface area contributed by atoms with Gasteiger partial charge in [0.2, 0.25) is 11.1 Å². The summed E-state index contributed by atoms with van der Waals surface area (Å²) in [4.78, 5) is 12.1. The van der Waals surface area contributed by atoms with Gasteiger partial charge < -0.3 is 5.32 Å².